The lowest BCUT2D eigenvalue weighted by atomic mass is 10.2. The molecule has 0 radical (unpaired) electrons. The number of nitrogens with zero attached hydrogens (tertiary/aromatic N) is 1. The lowest BCUT2D eigenvalue weighted by molar-refractivity contribution is 0.317. The van der Waals surface area contributed by atoms with E-state index in [0.29, 0.717) is 6.42 Å². The molecule has 1 aromatic rings. The molecule has 0 amide bonds. The van der Waals surface area contributed by atoms with Crippen LogP contribution >= 0.6 is 0 Å². The number of hydrogen-bond donors (Lipinski definition) is 1. The molecule has 0 aliphatic carbocycles. The molecule has 3 nitrogen and oxygen atoms in total. The summed E-state index contributed by atoms with van der Waals surface area (Å²) in [5, 5.41) is 11.6. The second-order valence-corrected chi connectivity index (χ2v) is 3.58. The quantitative estimate of drug-likeness (QED) is 0.715. The van der Waals surface area contributed by atoms with Crippen molar-refractivity contribution in [3.05, 3.63) is 29.8 Å². The summed E-state index contributed by atoms with van der Waals surface area (Å²) in [7, 11) is 0. The SMILES string of the molecule is CCCOc1cccc(CNCCC#N)c1. The minimum absolute atomic E-state index is 0.548. The highest BCUT2D eigenvalue weighted by Crippen LogP contribution is 2.13. The van der Waals surface area contributed by atoms with E-state index < -0.39 is 0 Å². The largest absolute Gasteiger partial charge is 0.494 e. The molecule has 1 rings (SSSR count). The fourth-order valence-corrected chi connectivity index (χ4v) is 1.34. The highest BCUT2D eigenvalue weighted by molar-refractivity contribution is 5.28. The average molecular weight is 218 g/mol. The zero-order chi connectivity index (χ0) is 11.6. The number of ether oxygens (including phenoxy) is 1. The van der Waals surface area contributed by atoms with Crippen LogP contribution < -0.4 is 10.1 Å². The van der Waals surface area contributed by atoms with E-state index in [2.05, 4.69) is 24.4 Å². The van der Waals surface area contributed by atoms with Gasteiger partial charge in [-0.25, -0.2) is 0 Å². The molecule has 1 aromatic carbocycles. The maximum absolute atomic E-state index is 8.39. The first-order valence-electron chi connectivity index (χ1n) is 5.66. The van der Waals surface area contributed by atoms with Gasteiger partial charge in [0.2, 0.25) is 0 Å². The van der Waals surface area contributed by atoms with Gasteiger partial charge in [-0.3, -0.25) is 0 Å². The Morgan fingerprint density at radius 1 is 1.44 bits per heavy atom. The topological polar surface area (TPSA) is 45.0 Å². The minimum atomic E-state index is 0.548. The van der Waals surface area contributed by atoms with Crippen LogP contribution in [0, 0.1) is 11.3 Å². The number of rotatable bonds is 7. The molecule has 1 N–H and O–H groups in total. The summed E-state index contributed by atoms with van der Waals surface area (Å²) < 4.78 is 5.54. The smallest absolute Gasteiger partial charge is 0.119 e. The van der Waals surface area contributed by atoms with E-state index >= 15 is 0 Å². The van der Waals surface area contributed by atoms with Crippen molar-refractivity contribution in [1.29, 1.82) is 5.26 Å². The van der Waals surface area contributed by atoms with Crippen LogP contribution in [0.1, 0.15) is 25.3 Å². The molecule has 16 heavy (non-hydrogen) atoms. The molecule has 0 unspecified atom stereocenters. The second-order valence-electron chi connectivity index (χ2n) is 3.58. The molecule has 0 atom stereocenters. The first-order valence-corrected chi connectivity index (χ1v) is 5.66. The zero-order valence-electron chi connectivity index (χ0n) is 9.70. The van der Waals surface area contributed by atoms with Crippen LogP contribution in [0.4, 0.5) is 0 Å². The van der Waals surface area contributed by atoms with Gasteiger partial charge in [-0.15, -0.1) is 0 Å². The van der Waals surface area contributed by atoms with Gasteiger partial charge in [0.15, 0.2) is 0 Å². The molecule has 0 bridgehead atoms. The van der Waals surface area contributed by atoms with Gasteiger partial charge in [0.1, 0.15) is 5.75 Å². The number of nitrogens with one attached hydrogen (secondary N) is 1. The normalized spacial score (nSPS) is 9.75. The maximum atomic E-state index is 8.39. The van der Waals surface area contributed by atoms with Crippen LogP contribution in [-0.2, 0) is 6.54 Å². The first-order chi connectivity index (χ1) is 7.86. The third-order valence-electron chi connectivity index (χ3n) is 2.11. The predicted molar refractivity (Wildman–Crippen MR) is 64.2 cm³/mol. The van der Waals surface area contributed by atoms with E-state index in [4.69, 9.17) is 10.00 Å². The Morgan fingerprint density at radius 2 is 2.31 bits per heavy atom. The molecule has 0 heterocycles. The van der Waals surface area contributed by atoms with E-state index in [1.807, 2.05) is 18.2 Å². The maximum Gasteiger partial charge on any atom is 0.119 e. The molecule has 0 saturated carbocycles. The highest BCUT2D eigenvalue weighted by atomic mass is 16.5. The average Bonchev–Trinajstić information content (AvgIpc) is 2.33. The van der Waals surface area contributed by atoms with Gasteiger partial charge in [0.25, 0.3) is 0 Å². The summed E-state index contributed by atoms with van der Waals surface area (Å²) in [6.45, 7) is 4.36. The van der Waals surface area contributed by atoms with E-state index in [0.717, 1.165) is 31.9 Å². The summed E-state index contributed by atoms with van der Waals surface area (Å²) >= 11 is 0. The van der Waals surface area contributed by atoms with E-state index in [1.165, 1.54) is 5.56 Å². The molecule has 86 valence electrons. The van der Waals surface area contributed by atoms with Gasteiger partial charge in [-0.2, -0.15) is 5.26 Å². The van der Waals surface area contributed by atoms with Crippen molar-refractivity contribution in [2.45, 2.75) is 26.3 Å². The number of benzene rings is 1. The van der Waals surface area contributed by atoms with Crippen LogP contribution in [0.3, 0.4) is 0 Å². The summed E-state index contributed by atoms with van der Waals surface area (Å²) in [5.74, 6) is 0.918. The molecular weight excluding hydrogens is 200 g/mol. The summed E-state index contributed by atoms with van der Waals surface area (Å²) in [4.78, 5) is 0. The Bertz CT molecular complexity index is 344. The Kier molecular flexibility index (Phi) is 6.05. The van der Waals surface area contributed by atoms with Crippen LogP contribution in [0.15, 0.2) is 24.3 Å². The van der Waals surface area contributed by atoms with Crippen molar-refractivity contribution >= 4 is 0 Å². The summed E-state index contributed by atoms with van der Waals surface area (Å²) in [5.41, 5.74) is 1.19. The van der Waals surface area contributed by atoms with Gasteiger partial charge >= 0.3 is 0 Å². The predicted octanol–water partition coefficient (Wildman–Crippen LogP) is 2.48. The van der Waals surface area contributed by atoms with Crippen molar-refractivity contribution in [2.75, 3.05) is 13.2 Å². The third kappa shape index (κ3) is 4.81. The van der Waals surface area contributed by atoms with Crippen LogP contribution in [0.25, 0.3) is 0 Å². The van der Waals surface area contributed by atoms with Crippen molar-refractivity contribution in [3.8, 4) is 11.8 Å². The van der Waals surface area contributed by atoms with Gasteiger partial charge < -0.3 is 10.1 Å². The van der Waals surface area contributed by atoms with Crippen molar-refractivity contribution < 1.29 is 4.74 Å². The van der Waals surface area contributed by atoms with Crippen molar-refractivity contribution in [2.24, 2.45) is 0 Å². The van der Waals surface area contributed by atoms with Gasteiger partial charge in [0.05, 0.1) is 12.7 Å². The van der Waals surface area contributed by atoms with Gasteiger partial charge in [-0.05, 0) is 24.1 Å². The summed E-state index contributed by atoms with van der Waals surface area (Å²) in [6, 6.07) is 10.2. The molecule has 0 aromatic heterocycles. The molecule has 0 saturated heterocycles. The molecular formula is C13H18N2O. The zero-order valence-corrected chi connectivity index (χ0v) is 9.70. The lowest BCUT2D eigenvalue weighted by Crippen LogP contribution is -2.14. The van der Waals surface area contributed by atoms with E-state index in [-0.39, 0.29) is 0 Å². The number of hydrogen-bond acceptors (Lipinski definition) is 3. The molecule has 0 fully saturated rings. The second kappa shape index (κ2) is 7.72. The Morgan fingerprint density at radius 3 is 3.06 bits per heavy atom. The summed E-state index contributed by atoms with van der Waals surface area (Å²) in [6.07, 6.45) is 1.57. The standard InChI is InChI=1S/C13H18N2O/c1-2-9-16-13-6-3-5-12(10-13)11-15-8-4-7-14/h3,5-6,10,15H,2,4,8-9,11H2,1H3. The van der Waals surface area contributed by atoms with Crippen LogP contribution in [0.5, 0.6) is 5.75 Å². The minimum Gasteiger partial charge on any atom is -0.494 e. The van der Waals surface area contributed by atoms with Crippen LogP contribution in [0.2, 0.25) is 0 Å². The molecule has 0 aliphatic rings. The van der Waals surface area contributed by atoms with Crippen LogP contribution in [-0.4, -0.2) is 13.2 Å². The Labute approximate surface area is 97.0 Å². The lowest BCUT2D eigenvalue weighted by Gasteiger charge is -2.07. The Balaban J connectivity index is 2.38. The van der Waals surface area contributed by atoms with E-state index in [9.17, 15) is 0 Å². The fourth-order valence-electron chi connectivity index (χ4n) is 1.34. The molecule has 3 heteroatoms. The highest BCUT2D eigenvalue weighted by Gasteiger charge is 1.96. The Hall–Kier alpha value is -1.53. The molecule has 0 spiro atoms. The van der Waals surface area contributed by atoms with Gasteiger partial charge in [0, 0.05) is 19.5 Å². The third-order valence-corrected chi connectivity index (χ3v) is 2.11. The monoisotopic (exact) mass is 218 g/mol. The number of nitriles is 1. The van der Waals surface area contributed by atoms with E-state index in [1.54, 1.807) is 0 Å². The molecule has 0 aliphatic heterocycles. The fraction of sp³-hybridized carbons (Fsp3) is 0.462. The van der Waals surface area contributed by atoms with Crippen molar-refractivity contribution in [3.63, 3.8) is 0 Å². The first kappa shape index (κ1) is 12.5. The van der Waals surface area contributed by atoms with Gasteiger partial charge in [-0.1, -0.05) is 19.1 Å². The van der Waals surface area contributed by atoms with Crippen molar-refractivity contribution in [1.82, 2.24) is 5.32 Å².